The molecule has 2 amide bonds. The van der Waals surface area contributed by atoms with Crippen LogP contribution in [-0.2, 0) is 9.59 Å². The van der Waals surface area contributed by atoms with Gasteiger partial charge in [-0.2, -0.15) is 0 Å². The first-order chi connectivity index (χ1) is 15.7. The SMILES string of the molecule is O=C(COc1ccc2c(c1)OC(F)(F)O2)NC1CC2(NC(=O)C3CC(CO)CCN3)CC1C2. The van der Waals surface area contributed by atoms with Gasteiger partial charge in [0.05, 0.1) is 6.04 Å². The Bertz CT molecular complexity index is 939. The van der Waals surface area contributed by atoms with E-state index < -0.39 is 6.29 Å². The monoisotopic (exact) mass is 467 g/mol. The summed E-state index contributed by atoms with van der Waals surface area (Å²) in [4.78, 5) is 25.1. The van der Waals surface area contributed by atoms with E-state index in [0.29, 0.717) is 25.3 Å². The quantitative estimate of drug-likeness (QED) is 0.471. The van der Waals surface area contributed by atoms with Gasteiger partial charge in [0.15, 0.2) is 18.1 Å². The molecule has 1 aromatic rings. The third kappa shape index (κ3) is 4.56. The molecule has 9 nitrogen and oxygen atoms in total. The van der Waals surface area contributed by atoms with Crippen molar-refractivity contribution in [1.29, 1.82) is 0 Å². The molecule has 2 bridgehead atoms. The molecule has 11 heteroatoms. The van der Waals surface area contributed by atoms with Gasteiger partial charge in [-0.1, -0.05) is 0 Å². The number of aliphatic hydroxyl groups is 1. The molecular formula is C22H27F2N3O6. The summed E-state index contributed by atoms with van der Waals surface area (Å²) in [6.45, 7) is 0.532. The van der Waals surface area contributed by atoms with Gasteiger partial charge in [-0.3, -0.25) is 9.59 Å². The van der Waals surface area contributed by atoms with E-state index in [2.05, 4.69) is 25.4 Å². The van der Waals surface area contributed by atoms with E-state index in [1.807, 2.05) is 0 Å². The predicted molar refractivity (Wildman–Crippen MR) is 110 cm³/mol. The van der Waals surface area contributed by atoms with E-state index in [-0.39, 0.29) is 65.8 Å². The highest BCUT2D eigenvalue weighted by Gasteiger charge is 2.57. The lowest BCUT2D eigenvalue weighted by Gasteiger charge is -2.41. The summed E-state index contributed by atoms with van der Waals surface area (Å²) < 4.78 is 40.4. The Kier molecular flexibility index (Phi) is 5.56. The van der Waals surface area contributed by atoms with Crippen LogP contribution in [0.25, 0.3) is 0 Å². The minimum atomic E-state index is -3.71. The lowest BCUT2D eigenvalue weighted by atomic mass is 9.76. The van der Waals surface area contributed by atoms with E-state index in [4.69, 9.17) is 4.74 Å². The van der Waals surface area contributed by atoms with Crippen molar-refractivity contribution in [3.63, 3.8) is 0 Å². The number of nitrogens with one attached hydrogen (secondary N) is 3. The molecule has 6 rings (SSSR count). The summed E-state index contributed by atoms with van der Waals surface area (Å²) in [6.07, 6.45) is 0.0678. The van der Waals surface area contributed by atoms with Crippen LogP contribution in [0.3, 0.4) is 0 Å². The molecule has 5 aliphatic rings. The highest BCUT2D eigenvalue weighted by molar-refractivity contribution is 5.83. The highest BCUT2D eigenvalue weighted by atomic mass is 19.3. The Morgan fingerprint density at radius 3 is 2.79 bits per heavy atom. The van der Waals surface area contributed by atoms with Gasteiger partial charge in [0.2, 0.25) is 5.91 Å². The number of piperidine rings is 1. The number of ether oxygens (including phenoxy) is 3. The number of halogens is 2. The van der Waals surface area contributed by atoms with Crippen molar-refractivity contribution < 1.29 is 37.7 Å². The number of carbonyl (C=O) groups is 2. The minimum absolute atomic E-state index is 0.0460. The van der Waals surface area contributed by atoms with Crippen LogP contribution in [0.4, 0.5) is 8.78 Å². The van der Waals surface area contributed by atoms with Crippen molar-refractivity contribution in [3.8, 4) is 17.2 Å². The second kappa shape index (κ2) is 8.28. The molecule has 1 aromatic carbocycles. The zero-order valence-electron chi connectivity index (χ0n) is 17.9. The summed E-state index contributed by atoms with van der Waals surface area (Å²) in [5.74, 6) is 0.0464. The van der Waals surface area contributed by atoms with Crippen molar-refractivity contribution in [2.75, 3.05) is 19.8 Å². The zero-order chi connectivity index (χ0) is 23.2. The Labute approximate surface area is 189 Å². The van der Waals surface area contributed by atoms with Crippen LogP contribution in [0.15, 0.2) is 18.2 Å². The first-order valence-corrected chi connectivity index (χ1v) is 11.2. The fourth-order valence-corrected chi connectivity index (χ4v) is 5.43. The van der Waals surface area contributed by atoms with Crippen LogP contribution >= 0.6 is 0 Å². The molecule has 2 aliphatic heterocycles. The molecular weight excluding hydrogens is 440 g/mol. The molecule has 2 heterocycles. The standard InChI is InChI=1S/C22H27F2N3O6/c23-22(24)32-17-2-1-14(6-18(17)33-22)31-11-19(29)26-16-9-21(7-13(16)8-21)27-20(30)15-5-12(10-28)3-4-25-15/h1-2,6,12-13,15-16,25,28H,3-5,7-11H2,(H,26,29)(H,27,30). The van der Waals surface area contributed by atoms with E-state index in [1.165, 1.54) is 18.2 Å². The summed E-state index contributed by atoms with van der Waals surface area (Å²) >= 11 is 0. The van der Waals surface area contributed by atoms with Crippen molar-refractivity contribution in [1.82, 2.24) is 16.0 Å². The lowest BCUT2D eigenvalue weighted by Crippen LogP contribution is -2.58. The van der Waals surface area contributed by atoms with Crippen LogP contribution < -0.4 is 30.2 Å². The van der Waals surface area contributed by atoms with E-state index in [9.17, 15) is 23.5 Å². The van der Waals surface area contributed by atoms with Gasteiger partial charge in [0.1, 0.15) is 5.75 Å². The maximum atomic E-state index is 13.1. The maximum Gasteiger partial charge on any atom is 0.586 e. The average Bonchev–Trinajstić information content (AvgIpc) is 3.37. The number of alkyl halides is 2. The number of fused-ring (bicyclic) bond motifs is 2. The van der Waals surface area contributed by atoms with E-state index in [0.717, 1.165) is 19.3 Å². The summed E-state index contributed by atoms with van der Waals surface area (Å²) in [6, 6.07) is 3.62. The molecule has 3 atom stereocenters. The summed E-state index contributed by atoms with van der Waals surface area (Å²) in [7, 11) is 0. The molecule has 4 N–H and O–H groups in total. The maximum absolute atomic E-state index is 13.1. The molecule has 33 heavy (non-hydrogen) atoms. The predicted octanol–water partition coefficient (Wildman–Crippen LogP) is 0.901. The third-order valence-corrected chi connectivity index (χ3v) is 7.05. The average molecular weight is 467 g/mol. The Morgan fingerprint density at radius 2 is 2.00 bits per heavy atom. The van der Waals surface area contributed by atoms with Gasteiger partial charge in [-0.05, 0) is 62.6 Å². The largest absolute Gasteiger partial charge is 0.586 e. The molecule has 4 fully saturated rings. The molecule has 0 aromatic heterocycles. The number of benzene rings is 1. The summed E-state index contributed by atoms with van der Waals surface area (Å²) in [5.41, 5.74) is -0.295. The molecule has 0 spiro atoms. The molecule has 0 radical (unpaired) electrons. The van der Waals surface area contributed by atoms with Gasteiger partial charge >= 0.3 is 6.29 Å². The number of carbonyl (C=O) groups excluding carboxylic acids is 2. The minimum Gasteiger partial charge on any atom is -0.484 e. The van der Waals surface area contributed by atoms with Crippen LogP contribution in [0.5, 0.6) is 17.2 Å². The van der Waals surface area contributed by atoms with Crippen molar-refractivity contribution in [3.05, 3.63) is 18.2 Å². The first kappa shape index (κ1) is 22.1. The zero-order valence-corrected chi connectivity index (χ0v) is 17.9. The molecule has 3 unspecified atom stereocenters. The van der Waals surface area contributed by atoms with Gasteiger partial charge < -0.3 is 35.3 Å². The second-order valence-corrected chi connectivity index (χ2v) is 9.46. The van der Waals surface area contributed by atoms with Gasteiger partial charge in [-0.25, -0.2) is 0 Å². The number of aliphatic hydroxyl groups excluding tert-OH is 1. The number of amides is 2. The number of hydrogen-bond donors (Lipinski definition) is 4. The van der Waals surface area contributed by atoms with Crippen LogP contribution in [0.2, 0.25) is 0 Å². The van der Waals surface area contributed by atoms with Gasteiger partial charge in [0, 0.05) is 24.3 Å². The van der Waals surface area contributed by atoms with Crippen molar-refractivity contribution >= 4 is 11.8 Å². The second-order valence-electron chi connectivity index (χ2n) is 9.46. The normalized spacial score (nSPS) is 33.2. The van der Waals surface area contributed by atoms with Crippen molar-refractivity contribution in [2.45, 2.75) is 56.0 Å². The molecule has 3 saturated carbocycles. The van der Waals surface area contributed by atoms with Crippen molar-refractivity contribution in [2.24, 2.45) is 11.8 Å². The smallest absolute Gasteiger partial charge is 0.484 e. The van der Waals surface area contributed by atoms with E-state index in [1.54, 1.807) is 0 Å². The fraction of sp³-hybridized carbons (Fsp3) is 0.636. The highest BCUT2D eigenvalue weighted by Crippen LogP contribution is 2.52. The Hall–Kier alpha value is -2.66. The number of hydrogen-bond acceptors (Lipinski definition) is 7. The molecule has 180 valence electrons. The topological polar surface area (TPSA) is 118 Å². The van der Waals surface area contributed by atoms with E-state index >= 15 is 0 Å². The van der Waals surface area contributed by atoms with Gasteiger partial charge in [-0.15, -0.1) is 8.78 Å². The molecule has 3 aliphatic carbocycles. The summed E-state index contributed by atoms with van der Waals surface area (Å²) in [5, 5.41) is 18.7. The lowest BCUT2D eigenvalue weighted by molar-refractivity contribution is -0.286. The van der Waals surface area contributed by atoms with Crippen LogP contribution in [0, 0.1) is 11.8 Å². The molecule has 1 saturated heterocycles. The number of rotatable bonds is 7. The van der Waals surface area contributed by atoms with Gasteiger partial charge in [0.25, 0.3) is 5.91 Å². The van der Waals surface area contributed by atoms with Crippen LogP contribution in [0.1, 0.15) is 32.1 Å². The Morgan fingerprint density at radius 1 is 1.21 bits per heavy atom. The first-order valence-electron chi connectivity index (χ1n) is 11.2. The fourth-order valence-electron chi connectivity index (χ4n) is 5.43. The Balaban J connectivity index is 1.08. The van der Waals surface area contributed by atoms with Crippen LogP contribution in [-0.4, -0.2) is 60.6 Å². The third-order valence-electron chi connectivity index (χ3n) is 7.05.